The summed E-state index contributed by atoms with van der Waals surface area (Å²) in [5, 5.41) is 0.346. The van der Waals surface area contributed by atoms with Gasteiger partial charge in [-0.1, -0.05) is 6.07 Å². The standard InChI is InChI=1S/C11H11NO5S/c1-17-11(13)5-7-2-3-9-8(4-7)10(6-12-9)18(14,15)16/h2-4,6,12H,5H2,1H3,(H,14,15,16). The van der Waals surface area contributed by atoms with Gasteiger partial charge in [-0.15, -0.1) is 0 Å². The number of nitrogens with one attached hydrogen (secondary N) is 1. The van der Waals surface area contributed by atoms with Crippen molar-refractivity contribution in [2.45, 2.75) is 11.3 Å². The van der Waals surface area contributed by atoms with E-state index in [1.807, 2.05) is 0 Å². The molecule has 0 aliphatic heterocycles. The molecule has 2 rings (SSSR count). The van der Waals surface area contributed by atoms with E-state index in [1.54, 1.807) is 12.1 Å². The summed E-state index contributed by atoms with van der Waals surface area (Å²) in [4.78, 5) is 13.7. The Morgan fingerprint density at radius 1 is 1.44 bits per heavy atom. The lowest BCUT2D eigenvalue weighted by Gasteiger charge is -2.01. The van der Waals surface area contributed by atoms with E-state index in [9.17, 15) is 13.2 Å². The van der Waals surface area contributed by atoms with Crippen molar-refractivity contribution in [1.29, 1.82) is 0 Å². The average Bonchev–Trinajstić information content (AvgIpc) is 2.71. The number of ether oxygens (including phenoxy) is 1. The number of aromatic amines is 1. The van der Waals surface area contributed by atoms with Crippen LogP contribution in [0.25, 0.3) is 10.9 Å². The molecule has 0 unspecified atom stereocenters. The topological polar surface area (TPSA) is 96.5 Å². The van der Waals surface area contributed by atoms with Crippen molar-refractivity contribution in [2.24, 2.45) is 0 Å². The number of fused-ring (bicyclic) bond motifs is 1. The molecule has 0 atom stereocenters. The molecule has 6 nitrogen and oxygen atoms in total. The SMILES string of the molecule is COC(=O)Cc1ccc2[nH]cc(S(=O)(=O)O)c2c1. The molecule has 1 aromatic heterocycles. The van der Waals surface area contributed by atoms with E-state index in [4.69, 9.17) is 4.55 Å². The highest BCUT2D eigenvalue weighted by Crippen LogP contribution is 2.23. The zero-order valence-corrected chi connectivity index (χ0v) is 10.3. The van der Waals surface area contributed by atoms with Gasteiger partial charge < -0.3 is 9.72 Å². The molecule has 0 bridgehead atoms. The van der Waals surface area contributed by atoms with E-state index in [0.29, 0.717) is 16.5 Å². The number of methoxy groups -OCH3 is 1. The number of benzene rings is 1. The van der Waals surface area contributed by atoms with E-state index >= 15 is 0 Å². The number of hydrogen-bond acceptors (Lipinski definition) is 4. The van der Waals surface area contributed by atoms with Crippen LogP contribution in [0.4, 0.5) is 0 Å². The first-order valence-electron chi connectivity index (χ1n) is 5.06. The minimum absolute atomic E-state index is 0.0442. The molecule has 18 heavy (non-hydrogen) atoms. The smallest absolute Gasteiger partial charge is 0.309 e. The molecule has 0 spiro atoms. The Balaban J connectivity index is 2.52. The van der Waals surface area contributed by atoms with Crippen LogP contribution in [0.1, 0.15) is 5.56 Å². The summed E-state index contributed by atoms with van der Waals surface area (Å²) in [6.07, 6.45) is 1.25. The second-order valence-corrected chi connectivity index (χ2v) is 5.15. The normalized spacial score (nSPS) is 11.7. The highest BCUT2D eigenvalue weighted by molar-refractivity contribution is 7.86. The van der Waals surface area contributed by atoms with Gasteiger partial charge in [0.2, 0.25) is 0 Å². The maximum Gasteiger partial charge on any atom is 0.309 e. The van der Waals surface area contributed by atoms with Crippen LogP contribution in [-0.4, -0.2) is 31.0 Å². The third-order valence-electron chi connectivity index (χ3n) is 2.56. The zero-order chi connectivity index (χ0) is 13.3. The fourth-order valence-corrected chi connectivity index (χ4v) is 2.36. The Morgan fingerprint density at radius 2 is 2.17 bits per heavy atom. The summed E-state index contributed by atoms with van der Waals surface area (Å²) in [6, 6.07) is 4.86. The second-order valence-electron chi connectivity index (χ2n) is 3.76. The first-order valence-corrected chi connectivity index (χ1v) is 6.50. The fraction of sp³-hybridized carbons (Fsp3) is 0.182. The van der Waals surface area contributed by atoms with Gasteiger partial charge in [0.15, 0.2) is 0 Å². The van der Waals surface area contributed by atoms with Crippen molar-refractivity contribution in [3.8, 4) is 0 Å². The molecular weight excluding hydrogens is 258 g/mol. The Morgan fingerprint density at radius 3 is 2.78 bits per heavy atom. The number of esters is 1. The third kappa shape index (κ3) is 2.36. The van der Waals surface area contributed by atoms with Gasteiger partial charge in [0.05, 0.1) is 13.5 Å². The molecule has 0 radical (unpaired) electrons. The summed E-state index contributed by atoms with van der Waals surface area (Å²) in [6.45, 7) is 0. The minimum Gasteiger partial charge on any atom is -0.469 e. The number of carbonyl (C=O) groups excluding carboxylic acids is 1. The quantitative estimate of drug-likeness (QED) is 0.643. The fourth-order valence-electron chi connectivity index (χ4n) is 1.70. The molecule has 1 heterocycles. The van der Waals surface area contributed by atoms with Crippen molar-refractivity contribution in [3.63, 3.8) is 0 Å². The molecule has 0 fully saturated rings. The molecule has 2 N–H and O–H groups in total. The van der Waals surface area contributed by atoms with Crippen LogP contribution in [0.5, 0.6) is 0 Å². The molecular formula is C11H11NO5S. The zero-order valence-electron chi connectivity index (χ0n) is 9.50. The Kier molecular flexibility index (Phi) is 3.10. The molecule has 7 heteroatoms. The number of carbonyl (C=O) groups is 1. The Hall–Kier alpha value is -1.86. The lowest BCUT2D eigenvalue weighted by Crippen LogP contribution is -2.04. The van der Waals surface area contributed by atoms with Crippen molar-refractivity contribution in [1.82, 2.24) is 4.98 Å². The van der Waals surface area contributed by atoms with Gasteiger partial charge >= 0.3 is 5.97 Å². The maximum atomic E-state index is 11.1. The Bertz CT molecular complexity index is 701. The Labute approximate surface area is 103 Å². The summed E-state index contributed by atoms with van der Waals surface area (Å²) in [5.41, 5.74) is 1.18. The van der Waals surface area contributed by atoms with Crippen LogP contribution in [0.2, 0.25) is 0 Å². The van der Waals surface area contributed by atoms with E-state index < -0.39 is 16.1 Å². The molecule has 96 valence electrons. The van der Waals surface area contributed by atoms with Gasteiger partial charge in [0, 0.05) is 17.1 Å². The predicted octanol–water partition coefficient (Wildman–Crippen LogP) is 1.13. The summed E-state index contributed by atoms with van der Waals surface area (Å²) in [5.74, 6) is -0.418. The van der Waals surface area contributed by atoms with Crippen LogP contribution in [-0.2, 0) is 26.1 Å². The van der Waals surface area contributed by atoms with E-state index in [1.165, 1.54) is 19.4 Å². The van der Waals surface area contributed by atoms with Crippen LogP contribution in [0.3, 0.4) is 0 Å². The van der Waals surface area contributed by atoms with Gasteiger partial charge in [-0.3, -0.25) is 9.35 Å². The van der Waals surface area contributed by atoms with Crippen molar-refractivity contribution in [2.75, 3.05) is 7.11 Å². The largest absolute Gasteiger partial charge is 0.469 e. The first-order chi connectivity index (χ1) is 8.41. The van der Waals surface area contributed by atoms with E-state index in [-0.39, 0.29) is 11.3 Å². The molecule has 0 saturated heterocycles. The molecule has 0 saturated carbocycles. The molecule has 0 amide bonds. The highest BCUT2D eigenvalue weighted by atomic mass is 32.2. The number of hydrogen-bond donors (Lipinski definition) is 2. The lowest BCUT2D eigenvalue weighted by molar-refractivity contribution is -0.139. The van der Waals surface area contributed by atoms with Crippen LogP contribution in [0, 0.1) is 0 Å². The van der Waals surface area contributed by atoms with E-state index in [2.05, 4.69) is 9.72 Å². The average molecular weight is 269 g/mol. The van der Waals surface area contributed by atoms with Crippen LogP contribution < -0.4 is 0 Å². The summed E-state index contributed by atoms with van der Waals surface area (Å²) in [7, 11) is -3.01. The third-order valence-corrected chi connectivity index (χ3v) is 3.46. The van der Waals surface area contributed by atoms with Gasteiger partial charge in [-0.05, 0) is 17.7 Å². The highest BCUT2D eigenvalue weighted by Gasteiger charge is 2.16. The summed E-state index contributed by atoms with van der Waals surface area (Å²) >= 11 is 0. The monoisotopic (exact) mass is 269 g/mol. The van der Waals surface area contributed by atoms with Gasteiger partial charge in [0.25, 0.3) is 10.1 Å². The predicted molar refractivity (Wildman–Crippen MR) is 63.8 cm³/mol. The lowest BCUT2D eigenvalue weighted by atomic mass is 10.1. The van der Waals surface area contributed by atoms with Crippen molar-refractivity contribution in [3.05, 3.63) is 30.0 Å². The van der Waals surface area contributed by atoms with Gasteiger partial charge in [-0.2, -0.15) is 8.42 Å². The number of rotatable bonds is 3. The molecule has 1 aromatic carbocycles. The van der Waals surface area contributed by atoms with Crippen LogP contribution >= 0.6 is 0 Å². The van der Waals surface area contributed by atoms with E-state index in [0.717, 1.165) is 0 Å². The van der Waals surface area contributed by atoms with Gasteiger partial charge in [-0.25, -0.2) is 0 Å². The second kappa shape index (κ2) is 4.43. The maximum absolute atomic E-state index is 11.1. The minimum atomic E-state index is -4.28. The van der Waals surface area contributed by atoms with Gasteiger partial charge in [0.1, 0.15) is 4.90 Å². The molecule has 0 aliphatic rings. The van der Waals surface area contributed by atoms with Crippen molar-refractivity contribution < 1.29 is 22.5 Å². The number of H-pyrrole nitrogens is 1. The van der Waals surface area contributed by atoms with Crippen LogP contribution in [0.15, 0.2) is 29.3 Å². The van der Waals surface area contributed by atoms with Crippen molar-refractivity contribution >= 4 is 27.0 Å². The summed E-state index contributed by atoms with van der Waals surface area (Å²) < 4.78 is 35.9. The molecule has 0 aliphatic carbocycles. The molecule has 2 aromatic rings. The number of aromatic nitrogens is 1. The first kappa shape index (κ1) is 12.6.